The molecule has 1 aliphatic carbocycles. The van der Waals surface area contributed by atoms with E-state index in [0.717, 1.165) is 41.7 Å². The van der Waals surface area contributed by atoms with E-state index in [1.165, 1.54) is 24.5 Å². The lowest BCUT2D eigenvalue weighted by Gasteiger charge is -2.14. The van der Waals surface area contributed by atoms with E-state index in [0.29, 0.717) is 28.4 Å². The number of amides is 3. The largest absolute Gasteiger partial charge is 0.348 e. The van der Waals surface area contributed by atoms with Crippen LogP contribution in [0.25, 0.3) is 0 Å². The molecular weight excluding hydrogens is 424 g/mol. The number of hydrogen-bond acceptors (Lipinski definition) is 5. The van der Waals surface area contributed by atoms with E-state index >= 15 is 0 Å². The van der Waals surface area contributed by atoms with Crippen LogP contribution >= 0.6 is 11.3 Å². The van der Waals surface area contributed by atoms with Crippen molar-refractivity contribution >= 4 is 39.7 Å². The monoisotopic (exact) mass is 448 g/mol. The van der Waals surface area contributed by atoms with Crippen LogP contribution in [0, 0.1) is 0 Å². The predicted octanol–water partition coefficient (Wildman–Crippen LogP) is 4.16. The number of aromatic nitrogens is 1. The number of thiophene rings is 1. The second-order valence-electron chi connectivity index (χ2n) is 7.68. The van der Waals surface area contributed by atoms with Crippen LogP contribution in [0.15, 0.2) is 48.8 Å². The molecule has 0 aliphatic heterocycles. The van der Waals surface area contributed by atoms with Gasteiger partial charge in [-0.3, -0.25) is 19.4 Å². The Morgan fingerprint density at radius 3 is 2.66 bits per heavy atom. The Balaban J connectivity index is 1.54. The average molecular weight is 449 g/mol. The van der Waals surface area contributed by atoms with Crippen LogP contribution in [0.4, 0.5) is 10.7 Å². The minimum atomic E-state index is -0.284. The number of pyridine rings is 1. The molecule has 3 N–H and O–H groups in total. The number of carbonyl (C=O) groups excluding carboxylic acids is 3. The molecule has 0 spiro atoms. The van der Waals surface area contributed by atoms with Crippen LogP contribution in [0.2, 0.25) is 0 Å². The molecule has 3 amide bonds. The molecule has 0 radical (unpaired) electrons. The second kappa shape index (κ2) is 9.74. The molecule has 0 unspecified atom stereocenters. The van der Waals surface area contributed by atoms with E-state index in [9.17, 15) is 14.4 Å². The molecule has 0 saturated carbocycles. The summed E-state index contributed by atoms with van der Waals surface area (Å²) in [4.78, 5) is 42.4. The van der Waals surface area contributed by atoms with Gasteiger partial charge in [-0.2, -0.15) is 0 Å². The Hall–Kier alpha value is -3.52. The van der Waals surface area contributed by atoms with Gasteiger partial charge in [0.15, 0.2) is 0 Å². The number of fused-ring (bicyclic) bond motifs is 1. The van der Waals surface area contributed by atoms with E-state index in [-0.39, 0.29) is 17.7 Å². The van der Waals surface area contributed by atoms with Gasteiger partial charge in [0, 0.05) is 36.4 Å². The summed E-state index contributed by atoms with van der Waals surface area (Å²) in [5, 5.41) is 9.23. The van der Waals surface area contributed by atoms with Crippen molar-refractivity contribution < 1.29 is 14.4 Å². The summed E-state index contributed by atoms with van der Waals surface area (Å²) in [7, 11) is 0. The van der Waals surface area contributed by atoms with Gasteiger partial charge < -0.3 is 16.0 Å². The molecule has 0 fully saturated rings. The minimum absolute atomic E-state index is 0.148. The van der Waals surface area contributed by atoms with Gasteiger partial charge in [-0.25, -0.2) is 0 Å². The van der Waals surface area contributed by atoms with Gasteiger partial charge in [0.05, 0.1) is 11.1 Å². The fraction of sp³-hybridized carbons (Fsp3) is 0.250. The molecule has 7 nitrogen and oxygen atoms in total. The van der Waals surface area contributed by atoms with E-state index < -0.39 is 0 Å². The highest BCUT2D eigenvalue weighted by Gasteiger charge is 2.26. The maximum atomic E-state index is 13.2. The first kappa shape index (κ1) is 21.7. The summed E-state index contributed by atoms with van der Waals surface area (Å²) in [6.45, 7) is 1.77. The zero-order valence-electron chi connectivity index (χ0n) is 17.7. The fourth-order valence-corrected chi connectivity index (χ4v) is 5.08. The first-order valence-electron chi connectivity index (χ1n) is 10.5. The summed E-state index contributed by atoms with van der Waals surface area (Å²) in [5.41, 5.74) is 3.59. The average Bonchev–Trinajstić information content (AvgIpc) is 3.15. The van der Waals surface area contributed by atoms with Gasteiger partial charge >= 0.3 is 0 Å². The number of rotatable bonds is 6. The van der Waals surface area contributed by atoms with Crippen LogP contribution in [-0.2, 0) is 24.2 Å². The van der Waals surface area contributed by atoms with Crippen molar-refractivity contribution in [1.82, 2.24) is 10.3 Å². The molecular formula is C24H24N4O3S. The van der Waals surface area contributed by atoms with Crippen molar-refractivity contribution in [2.75, 3.05) is 10.6 Å². The highest BCUT2D eigenvalue weighted by Crippen LogP contribution is 2.38. The standard InChI is InChI=1S/C24H24N4O3S/c1-15(29)27-18-8-4-6-16(12-18)13-26-23(31)21-19-9-2-3-10-20(19)32-24(21)28-22(30)17-7-5-11-25-14-17/h4-8,11-12,14H,2-3,9-10,13H2,1H3,(H,26,31)(H,27,29)(H,28,30). The third-order valence-electron chi connectivity index (χ3n) is 5.25. The van der Waals surface area contributed by atoms with E-state index in [1.807, 2.05) is 18.2 Å². The molecule has 1 aliphatic rings. The number of carbonyl (C=O) groups is 3. The molecule has 1 aromatic carbocycles. The van der Waals surface area contributed by atoms with Gasteiger partial charge in [0.2, 0.25) is 5.91 Å². The molecule has 3 aromatic rings. The number of benzene rings is 1. The minimum Gasteiger partial charge on any atom is -0.348 e. The lowest BCUT2D eigenvalue weighted by atomic mass is 9.95. The molecule has 0 saturated heterocycles. The van der Waals surface area contributed by atoms with Gasteiger partial charge in [-0.15, -0.1) is 11.3 Å². The van der Waals surface area contributed by atoms with Crippen LogP contribution in [0.3, 0.4) is 0 Å². The quantitative estimate of drug-likeness (QED) is 0.527. The van der Waals surface area contributed by atoms with Crippen molar-refractivity contribution in [3.63, 3.8) is 0 Å². The predicted molar refractivity (Wildman–Crippen MR) is 125 cm³/mol. The van der Waals surface area contributed by atoms with Crippen LogP contribution < -0.4 is 16.0 Å². The molecule has 4 rings (SSSR count). The number of anilines is 2. The zero-order valence-corrected chi connectivity index (χ0v) is 18.6. The molecule has 0 atom stereocenters. The summed E-state index contributed by atoms with van der Waals surface area (Å²) >= 11 is 1.48. The Bertz CT molecular complexity index is 1160. The maximum Gasteiger partial charge on any atom is 0.257 e. The fourth-order valence-electron chi connectivity index (χ4n) is 3.80. The Labute approximate surface area is 190 Å². The van der Waals surface area contributed by atoms with Crippen molar-refractivity contribution in [1.29, 1.82) is 0 Å². The maximum absolute atomic E-state index is 13.2. The lowest BCUT2D eigenvalue weighted by Crippen LogP contribution is -2.25. The first-order chi connectivity index (χ1) is 15.5. The Kier molecular flexibility index (Phi) is 6.61. The summed E-state index contributed by atoms with van der Waals surface area (Å²) in [5.74, 6) is -0.644. The van der Waals surface area contributed by atoms with Crippen molar-refractivity contribution in [2.45, 2.75) is 39.2 Å². The molecule has 32 heavy (non-hydrogen) atoms. The number of nitrogens with zero attached hydrogens (tertiary/aromatic N) is 1. The lowest BCUT2D eigenvalue weighted by molar-refractivity contribution is -0.114. The van der Waals surface area contributed by atoms with Gasteiger partial charge in [0.1, 0.15) is 5.00 Å². The van der Waals surface area contributed by atoms with Crippen LogP contribution in [-0.4, -0.2) is 22.7 Å². The topological polar surface area (TPSA) is 100 Å². The SMILES string of the molecule is CC(=O)Nc1cccc(CNC(=O)c2c(NC(=O)c3cccnc3)sc3c2CCCC3)c1. The third-order valence-corrected chi connectivity index (χ3v) is 6.46. The van der Waals surface area contributed by atoms with Crippen molar-refractivity contribution in [2.24, 2.45) is 0 Å². The molecule has 8 heteroatoms. The molecule has 2 heterocycles. The Morgan fingerprint density at radius 1 is 1.03 bits per heavy atom. The number of hydrogen-bond donors (Lipinski definition) is 3. The first-order valence-corrected chi connectivity index (χ1v) is 11.3. The third kappa shape index (κ3) is 5.03. The van der Waals surface area contributed by atoms with Gasteiger partial charge in [0.25, 0.3) is 11.8 Å². The van der Waals surface area contributed by atoms with Crippen LogP contribution in [0.5, 0.6) is 0 Å². The molecule has 2 aromatic heterocycles. The molecule has 0 bridgehead atoms. The van der Waals surface area contributed by atoms with Gasteiger partial charge in [-0.05, 0) is 61.1 Å². The van der Waals surface area contributed by atoms with Crippen molar-refractivity contribution in [3.8, 4) is 0 Å². The number of aryl methyl sites for hydroxylation is 1. The highest BCUT2D eigenvalue weighted by molar-refractivity contribution is 7.17. The highest BCUT2D eigenvalue weighted by atomic mass is 32.1. The van der Waals surface area contributed by atoms with E-state index in [2.05, 4.69) is 20.9 Å². The smallest absolute Gasteiger partial charge is 0.257 e. The number of nitrogens with one attached hydrogen (secondary N) is 3. The summed E-state index contributed by atoms with van der Waals surface area (Å²) in [6, 6.07) is 10.7. The van der Waals surface area contributed by atoms with E-state index in [1.54, 1.807) is 24.4 Å². The van der Waals surface area contributed by atoms with E-state index in [4.69, 9.17) is 0 Å². The molecule has 164 valence electrons. The summed E-state index contributed by atoms with van der Waals surface area (Å²) < 4.78 is 0. The Morgan fingerprint density at radius 2 is 1.88 bits per heavy atom. The summed E-state index contributed by atoms with van der Waals surface area (Å²) in [6.07, 6.45) is 6.97. The normalized spacial score (nSPS) is 12.5. The van der Waals surface area contributed by atoms with Crippen molar-refractivity contribution in [3.05, 3.63) is 75.9 Å². The van der Waals surface area contributed by atoms with Crippen LogP contribution in [0.1, 0.15) is 56.5 Å². The zero-order chi connectivity index (χ0) is 22.5. The van der Waals surface area contributed by atoms with Gasteiger partial charge in [-0.1, -0.05) is 12.1 Å². The second-order valence-corrected chi connectivity index (χ2v) is 8.78.